The van der Waals surface area contributed by atoms with Crippen LogP contribution in [0.1, 0.15) is 13.8 Å². The Hall–Kier alpha value is -1.00. The van der Waals surface area contributed by atoms with Crippen molar-refractivity contribution in [1.82, 2.24) is 9.44 Å². The Morgan fingerprint density at radius 1 is 1.00 bits per heavy atom. The van der Waals surface area contributed by atoms with Crippen molar-refractivity contribution in [2.75, 3.05) is 13.7 Å². The van der Waals surface area contributed by atoms with Crippen LogP contribution in [0.15, 0.2) is 34.1 Å². The van der Waals surface area contributed by atoms with Crippen LogP contribution < -0.4 is 9.44 Å². The lowest BCUT2D eigenvalue weighted by Crippen LogP contribution is -2.41. The first kappa shape index (κ1) is 18.1. The van der Waals surface area contributed by atoms with E-state index in [4.69, 9.17) is 0 Å². The molecule has 1 atom stereocenters. The van der Waals surface area contributed by atoms with Gasteiger partial charge in [-0.25, -0.2) is 26.3 Å². The summed E-state index contributed by atoms with van der Waals surface area (Å²) in [7, 11) is -6.14. The normalized spacial score (nSPS) is 14.3. The van der Waals surface area contributed by atoms with Gasteiger partial charge in [0, 0.05) is 6.04 Å². The summed E-state index contributed by atoms with van der Waals surface area (Å²) in [5.41, 5.74) is 0. The van der Waals surface area contributed by atoms with Gasteiger partial charge in [0.1, 0.15) is 0 Å². The highest BCUT2D eigenvalue weighted by molar-refractivity contribution is 7.90. The molecule has 0 aliphatic heterocycles. The quantitative estimate of drug-likeness (QED) is 0.643. The Kier molecular flexibility index (Phi) is 5.88. The van der Waals surface area contributed by atoms with Crippen molar-refractivity contribution in [2.45, 2.75) is 29.7 Å². The van der Waals surface area contributed by atoms with Crippen LogP contribution in [0.3, 0.4) is 0 Å². The predicted octanol–water partition coefficient (Wildman–Crippen LogP) is -0.110. The van der Waals surface area contributed by atoms with E-state index in [0.717, 1.165) is 0 Å². The third-order valence-electron chi connectivity index (χ3n) is 3.02. The molecule has 120 valence electrons. The van der Waals surface area contributed by atoms with E-state index in [9.17, 15) is 21.9 Å². The highest BCUT2D eigenvalue weighted by Gasteiger charge is 2.22. The van der Waals surface area contributed by atoms with E-state index >= 15 is 0 Å². The van der Waals surface area contributed by atoms with Crippen molar-refractivity contribution in [1.29, 1.82) is 0 Å². The van der Waals surface area contributed by atoms with Gasteiger partial charge < -0.3 is 5.11 Å². The molecule has 0 unspecified atom stereocenters. The zero-order valence-electron chi connectivity index (χ0n) is 12.1. The van der Waals surface area contributed by atoms with Crippen molar-refractivity contribution in [3.05, 3.63) is 24.3 Å². The van der Waals surface area contributed by atoms with Gasteiger partial charge in [-0.1, -0.05) is 13.8 Å². The fourth-order valence-electron chi connectivity index (χ4n) is 1.57. The molecule has 21 heavy (non-hydrogen) atoms. The summed E-state index contributed by atoms with van der Waals surface area (Å²) in [5.74, 6) is -0.0753. The fourth-order valence-corrected chi connectivity index (χ4v) is 3.67. The lowest BCUT2D eigenvalue weighted by molar-refractivity contribution is 0.227. The lowest BCUT2D eigenvalue weighted by Gasteiger charge is -2.19. The molecule has 0 aliphatic carbocycles. The second-order valence-corrected chi connectivity index (χ2v) is 8.43. The number of benzene rings is 1. The zero-order valence-corrected chi connectivity index (χ0v) is 13.7. The van der Waals surface area contributed by atoms with Crippen LogP contribution in [0.5, 0.6) is 0 Å². The van der Waals surface area contributed by atoms with Crippen molar-refractivity contribution in [3.8, 4) is 0 Å². The van der Waals surface area contributed by atoms with Gasteiger partial charge in [0.15, 0.2) is 0 Å². The minimum atomic E-state index is -3.81. The molecule has 3 N–H and O–H groups in total. The highest BCUT2D eigenvalue weighted by Crippen LogP contribution is 2.15. The molecule has 0 fully saturated rings. The molecule has 0 saturated heterocycles. The van der Waals surface area contributed by atoms with Crippen LogP contribution in [0.25, 0.3) is 0 Å². The van der Waals surface area contributed by atoms with Crippen molar-refractivity contribution >= 4 is 20.0 Å². The Labute approximate surface area is 125 Å². The summed E-state index contributed by atoms with van der Waals surface area (Å²) in [6, 6.07) is 4.24. The lowest BCUT2D eigenvalue weighted by atomic mass is 10.1. The topological polar surface area (TPSA) is 113 Å². The zero-order chi connectivity index (χ0) is 16.3. The van der Waals surface area contributed by atoms with Crippen molar-refractivity contribution < 1.29 is 21.9 Å². The molecular formula is C12H20N2O5S2. The van der Waals surface area contributed by atoms with Gasteiger partial charge in [0.05, 0.1) is 16.4 Å². The number of nitrogens with one attached hydrogen (secondary N) is 2. The summed E-state index contributed by atoms with van der Waals surface area (Å²) in [6.07, 6.45) is 0. The molecular weight excluding hydrogens is 316 g/mol. The molecule has 9 heteroatoms. The molecule has 7 nitrogen and oxygen atoms in total. The summed E-state index contributed by atoms with van der Waals surface area (Å²) < 4.78 is 52.0. The van der Waals surface area contributed by atoms with Crippen molar-refractivity contribution in [3.63, 3.8) is 0 Å². The Balaban J connectivity index is 3.06. The average Bonchev–Trinajstić information content (AvgIpc) is 2.44. The monoisotopic (exact) mass is 336 g/mol. The standard InChI is InChI=1S/C12H20N2O5S2/c1-9(2)12(8-15)14-21(18,19)11-6-4-10(5-7-11)20(16,17)13-3/h4-7,9,12-15H,8H2,1-3H3/t12-/m1/s1. The second kappa shape index (κ2) is 6.84. The van der Waals surface area contributed by atoms with E-state index in [1.165, 1.54) is 31.3 Å². The maximum Gasteiger partial charge on any atom is 0.240 e. The van der Waals surface area contributed by atoms with E-state index < -0.39 is 26.1 Å². The predicted molar refractivity (Wildman–Crippen MR) is 78.7 cm³/mol. The second-order valence-electron chi connectivity index (χ2n) is 4.83. The molecule has 0 amide bonds. The summed E-state index contributed by atoms with van der Waals surface area (Å²) in [5, 5.41) is 9.17. The third kappa shape index (κ3) is 4.48. The number of rotatable bonds is 7. The van der Waals surface area contributed by atoms with Crippen LogP contribution in [-0.4, -0.2) is 41.6 Å². The molecule has 0 radical (unpaired) electrons. The first-order valence-corrected chi connectivity index (χ1v) is 9.27. The molecule has 0 spiro atoms. The van der Waals surface area contributed by atoms with E-state index in [-0.39, 0.29) is 22.3 Å². The average molecular weight is 336 g/mol. The van der Waals surface area contributed by atoms with E-state index in [1.807, 2.05) is 0 Å². The number of hydrogen-bond acceptors (Lipinski definition) is 5. The number of sulfonamides is 2. The summed E-state index contributed by atoms with van der Waals surface area (Å²) in [4.78, 5) is -0.0804. The van der Waals surface area contributed by atoms with Gasteiger partial charge in [-0.05, 0) is 37.2 Å². The molecule has 0 saturated carbocycles. The van der Waals surface area contributed by atoms with Crippen LogP contribution in [0, 0.1) is 5.92 Å². The maximum atomic E-state index is 12.1. The minimum Gasteiger partial charge on any atom is -0.395 e. The first-order chi connectivity index (χ1) is 9.64. The Morgan fingerprint density at radius 2 is 1.43 bits per heavy atom. The van der Waals surface area contributed by atoms with Gasteiger partial charge in [-0.2, -0.15) is 0 Å². The first-order valence-electron chi connectivity index (χ1n) is 6.31. The molecule has 0 heterocycles. The minimum absolute atomic E-state index is 0.0217. The largest absolute Gasteiger partial charge is 0.395 e. The Bertz CT molecular complexity index is 666. The maximum absolute atomic E-state index is 12.1. The highest BCUT2D eigenvalue weighted by atomic mass is 32.2. The number of aliphatic hydroxyl groups excluding tert-OH is 1. The molecule has 0 aromatic heterocycles. The molecule has 1 aromatic rings. The van der Waals surface area contributed by atoms with Gasteiger partial charge in [-0.3, -0.25) is 0 Å². The third-order valence-corrected chi connectivity index (χ3v) is 5.96. The van der Waals surface area contributed by atoms with Gasteiger partial charge in [-0.15, -0.1) is 0 Å². The van der Waals surface area contributed by atoms with Crippen molar-refractivity contribution in [2.24, 2.45) is 5.92 Å². The van der Waals surface area contributed by atoms with Crippen LogP contribution >= 0.6 is 0 Å². The van der Waals surface area contributed by atoms with Gasteiger partial charge in [0.25, 0.3) is 0 Å². The van der Waals surface area contributed by atoms with E-state index in [2.05, 4.69) is 9.44 Å². The smallest absolute Gasteiger partial charge is 0.240 e. The molecule has 0 aliphatic rings. The molecule has 0 bridgehead atoms. The number of aliphatic hydroxyl groups is 1. The van der Waals surface area contributed by atoms with Crippen LogP contribution in [0.2, 0.25) is 0 Å². The Morgan fingerprint density at radius 3 is 1.76 bits per heavy atom. The summed E-state index contributed by atoms with van der Waals surface area (Å²) in [6.45, 7) is 3.25. The van der Waals surface area contributed by atoms with E-state index in [0.29, 0.717) is 0 Å². The summed E-state index contributed by atoms with van der Waals surface area (Å²) >= 11 is 0. The van der Waals surface area contributed by atoms with Crippen LogP contribution in [-0.2, 0) is 20.0 Å². The molecule has 1 aromatic carbocycles. The SMILES string of the molecule is CNS(=O)(=O)c1ccc(S(=O)(=O)N[C@H](CO)C(C)C)cc1. The molecule has 1 rings (SSSR count). The van der Waals surface area contributed by atoms with Gasteiger partial charge >= 0.3 is 0 Å². The van der Waals surface area contributed by atoms with Crippen LogP contribution in [0.4, 0.5) is 0 Å². The van der Waals surface area contributed by atoms with Gasteiger partial charge in [0.2, 0.25) is 20.0 Å². The van der Waals surface area contributed by atoms with E-state index in [1.54, 1.807) is 13.8 Å². The number of hydrogen-bond donors (Lipinski definition) is 3. The fraction of sp³-hybridized carbons (Fsp3) is 0.500.